The molecule has 3 N–H and O–H groups in total. The van der Waals surface area contributed by atoms with Crippen LogP contribution in [0.2, 0.25) is 0 Å². The molecule has 1 fully saturated rings. The molecule has 5 nitrogen and oxygen atoms in total. The number of benzene rings is 1. The van der Waals surface area contributed by atoms with Gasteiger partial charge in [0.15, 0.2) is 0 Å². The molecule has 1 aromatic carbocycles. The fourth-order valence-corrected chi connectivity index (χ4v) is 2.08. The van der Waals surface area contributed by atoms with Crippen molar-refractivity contribution in [2.45, 2.75) is 12.5 Å². The number of hydrogen-bond acceptors (Lipinski definition) is 4. The van der Waals surface area contributed by atoms with Gasteiger partial charge in [0.05, 0.1) is 18.2 Å². The first-order valence-electron chi connectivity index (χ1n) is 5.95. The summed E-state index contributed by atoms with van der Waals surface area (Å²) in [7, 11) is 0. The third-order valence-electron chi connectivity index (χ3n) is 2.95. The van der Waals surface area contributed by atoms with E-state index in [-0.39, 0.29) is 11.9 Å². The third-order valence-corrected chi connectivity index (χ3v) is 2.95. The van der Waals surface area contributed by atoms with E-state index in [4.69, 9.17) is 11.0 Å². The summed E-state index contributed by atoms with van der Waals surface area (Å²) in [6.07, 6.45) is 0.942. The largest absolute Gasteiger partial charge is 0.326 e. The lowest BCUT2D eigenvalue weighted by Crippen LogP contribution is -2.33. The first-order valence-corrected chi connectivity index (χ1v) is 5.95. The van der Waals surface area contributed by atoms with E-state index in [9.17, 15) is 4.79 Å². The maximum absolute atomic E-state index is 11.8. The molecule has 2 rings (SSSR count). The van der Waals surface area contributed by atoms with Crippen LogP contribution in [-0.2, 0) is 4.79 Å². The molecule has 1 aliphatic heterocycles. The monoisotopic (exact) mass is 244 g/mol. The number of likely N-dealkylation sites (tertiary alicyclic amines) is 1. The number of nitrogens with one attached hydrogen (secondary N) is 1. The van der Waals surface area contributed by atoms with Gasteiger partial charge in [0.25, 0.3) is 0 Å². The topological polar surface area (TPSA) is 82.2 Å². The molecule has 18 heavy (non-hydrogen) atoms. The lowest BCUT2D eigenvalue weighted by molar-refractivity contribution is -0.117. The average molecular weight is 244 g/mol. The predicted molar refractivity (Wildman–Crippen MR) is 68.8 cm³/mol. The summed E-state index contributed by atoms with van der Waals surface area (Å²) in [4.78, 5) is 13.8. The van der Waals surface area contributed by atoms with Crippen molar-refractivity contribution in [3.8, 4) is 6.07 Å². The number of nitrogens with two attached hydrogens (primary N) is 1. The molecule has 94 valence electrons. The van der Waals surface area contributed by atoms with Gasteiger partial charge < -0.3 is 11.1 Å². The SMILES string of the molecule is N#Cc1cccc(NC(=O)CN2CC[C@H](N)C2)c1. The van der Waals surface area contributed by atoms with Crippen LogP contribution in [0.15, 0.2) is 24.3 Å². The number of hydrogen-bond donors (Lipinski definition) is 2. The van der Waals surface area contributed by atoms with Gasteiger partial charge >= 0.3 is 0 Å². The molecule has 0 unspecified atom stereocenters. The Labute approximate surface area is 106 Å². The summed E-state index contributed by atoms with van der Waals surface area (Å²) in [6, 6.07) is 9.11. The fourth-order valence-electron chi connectivity index (χ4n) is 2.08. The van der Waals surface area contributed by atoms with E-state index >= 15 is 0 Å². The van der Waals surface area contributed by atoms with Crippen LogP contribution < -0.4 is 11.1 Å². The van der Waals surface area contributed by atoms with Gasteiger partial charge in [-0.15, -0.1) is 0 Å². The van der Waals surface area contributed by atoms with Crippen molar-refractivity contribution in [3.05, 3.63) is 29.8 Å². The molecule has 1 amide bonds. The molecule has 5 heteroatoms. The van der Waals surface area contributed by atoms with E-state index in [1.54, 1.807) is 24.3 Å². The van der Waals surface area contributed by atoms with Gasteiger partial charge in [-0.2, -0.15) is 5.26 Å². The van der Waals surface area contributed by atoms with Gasteiger partial charge in [-0.3, -0.25) is 9.69 Å². The Hall–Kier alpha value is -1.90. The van der Waals surface area contributed by atoms with E-state index in [2.05, 4.69) is 5.32 Å². The molecule has 0 bridgehead atoms. The van der Waals surface area contributed by atoms with Gasteiger partial charge in [0.1, 0.15) is 0 Å². The zero-order valence-electron chi connectivity index (χ0n) is 10.1. The number of carbonyl (C=O) groups excluding carboxylic acids is 1. The Morgan fingerprint density at radius 1 is 1.61 bits per heavy atom. The standard InChI is InChI=1S/C13H16N4O/c14-7-10-2-1-3-12(6-10)16-13(18)9-17-5-4-11(15)8-17/h1-3,6,11H,4-5,8-9,15H2,(H,16,18)/t11-/m0/s1. The van der Waals surface area contributed by atoms with E-state index < -0.39 is 0 Å². The molecule has 1 atom stereocenters. The van der Waals surface area contributed by atoms with Gasteiger partial charge in [0, 0.05) is 24.8 Å². The lowest BCUT2D eigenvalue weighted by atomic mass is 10.2. The van der Waals surface area contributed by atoms with Crippen molar-refractivity contribution in [1.29, 1.82) is 5.26 Å². The van der Waals surface area contributed by atoms with Crippen LogP contribution in [0.4, 0.5) is 5.69 Å². The van der Waals surface area contributed by atoms with E-state index in [0.29, 0.717) is 17.8 Å². The highest BCUT2D eigenvalue weighted by Crippen LogP contribution is 2.11. The molecule has 1 heterocycles. The predicted octanol–water partition coefficient (Wildman–Crippen LogP) is 0.530. The van der Waals surface area contributed by atoms with Crippen LogP contribution in [0.3, 0.4) is 0 Å². The zero-order valence-corrected chi connectivity index (χ0v) is 10.1. The maximum atomic E-state index is 11.8. The highest BCUT2D eigenvalue weighted by Gasteiger charge is 2.20. The summed E-state index contributed by atoms with van der Waals surface area (Å²) in [5.74, 6) is -0.0702. The third kappa shape index (κ3) is 3.29. The molecule has 0 aromatic heterocycles. The van der Waals surface area contributed by atoms with Crippen molar-refractivity contribution < 1.29 is 4.79 Å². The van der Waals surface area contributed by atoms with E-state index in [1.807, 2.05) is 11.0 Å². The molecular formula is C13H16N4O. The van der Waals surface area contributed by atoms with Gasteiger partial charge in [0.2, 0.25) is 5.91 Å². The van der Waals surface area contributed by atoms with Crippen molar-refractivity contribution in [1.82, 2.24) is 4.90 Å². The van der Waals surface area contributed by atoms with Crippen LogP contribution in [0.25, 0.3) is 0 Å². The molecular weight excluding hydrogens is 228 g/mol. The number of nitrogens with zero attached hydrogens (tertiary/aromatic N) is 2. The van der Waals surface area contributed by atoms with Crippen molar-refractivity contribution in [3.63, 3.8) is 0 Å². The van der Waals surface area contributed by atoms with Crippen LogP contribution in [0, 0.1) is 11.3 Å². The molecule has 0 saturated carbocycles. The Morgan fingerprint density at radius 2 is 2.44 bits per heavy atom. The number of anilines is 1. The average Bonchev–Trinajstić information content (AvgIpc) is 2.74. The smallest absolute Gasteiger partial charge is 0.238 e. The Balaban J connectivity index is 1.89. The summed E-state index contributed by atoms with van der Waals surface area (Å²) in [6.45, 7) is 1.99. The molecule has 0 radical (unpaired) electrons. The molecule has 1 aliphatic rings. The van der Waals surface area contributed by atoms with Crippen LogP contribution in [0.1, 0.15) is 12.0 Å². The second-order valence-electron chi connectivity index (χ2n) is 4.52. The zero-order chi connectivity index (χ0) is 13.0. The number of rotatable bonds is 3. The maximum Gasteiger partial charge on any atom is 0.238 e. The van der Waals surface area contributed by atoms with Gasteiger partial charge in [-0.05, 0) is 24.6 Å². The number of nitriles is 1. The van der Waals surface area contributed by atoms with E-state index in [0.717, 1.165) is 19.5 Å². The lowest BCUT2D eigenvalue weighted by Gasteiger charge is -2.14. The number of carbonyl (C=O) groups is 1. The molecule has 1 aromatic rings. The summed E-state index contributed by atoms with van der Waals surface area (Å²) in [5.41, 5.74) is 6.97. The molecule has 1 saturated heterocycles. The molecule has 0 aliphatic carbocycles. The Kier molecular flexibility index (Phi) is 3.92. The molecule has 0 spiro atoms. The second kappa shape index (κ2) is 5.63. The van der Waals surface area contributed by atoms with Crippen LogP contribution >= 0.6 is 0 Å². The summed E-state index contributed by atoms with van der Waals surface area (Å²) < 4.78 is 0. The van der Waals surface area contributed by atoms with Crippen LogP contribution in [0.5, 0.6) is 0 Å². The van der Waals surface area contributed by atoms with Crippen molar-refractivity contribution in [2.24, 2.45) is 5.73 Å². The van der Waals surface area contributed by atoms with Crippen LogP contribution in [-0.4, -0.2) is 36.5 Å². The minimum Gasteiger partial charge on any atom is -0.326 e. The quantitative estimate of drug-likeness (QED) is 0.812. The summed E-state index contributed by atoms with van der Waals surface area (Å²) >= 11 is 0. The first kappa shape index (κ1) is 12.6. The first-order chi connectivity index (χ1) is 8.67. The van der Waals surface area contributed by atoms with Gasteiger partial charge in [-0.1, -0.05) is 6.07 Å². The highest BCUT2D eigenvalue weighted by atomic mass is 16.2. The summed E-state index contributed by atoms with van der Waals surface area (Å²) in [5, 5.41) is 11.6. The van der Waals surface area contributed by atoms with E-state index in [1.165, 1.54) is 0 Å². The normalized spacial score (nSPS) is 19.4. The van der Waals surface area contributed by atoms with Crippen molar-refractivity contribution >= 4 is 11.6 Å². The minimum absolute atomic E-state index is 0.0702. The Morgan fingerprint density at radius 3 is 3.11 bits per heavy atom. The van der Waals surface area contributed by atoms with Gasteiger partial charge in [-0.25, -0.2) is 0 Å². The fraction of sp³-hybridized carbons (Fsp3) is 0.385. The number of amides is 1. The minimum atomic E-state index is -0.0702. The Bertz CT molecular complexity index is 480. The van der Waals surface area contributed by atoms with Crippen molar-refractivity contribution in [2.75, 3.05) is 25.0 Å². The highest BCUT2D eigenvalue weighted by molar-refractivity contribution is 5.92. The second-order valence-corrected chi connectivity index (χ2v) is 4.52.